The van der Waals surface area contributed by atoms with E-state index in [4.69, 9.17) is 9.84 Å². The summed E-state index contributed by atoms with van der Waals surface area (Å²) in [6.07, 6.45) is 8.86. The molecule has 3 atom stereocenters. The summed E-state index contributed by atoms with van der Waals surface area (Å²) in [6, 6.07) is 7.01. The van der Waals surface area contributed by atoms with Gasteiger partial charge in [-0.25, -0.2) is 0 Å². The van der Waals surface area contributed by atoms with E-state index in [2.05, 4.69) is 34.5 Å². The van der Waals surface area contributed by atoms with Crippen molar-refractivity contribution in [1.29, 1.82) is 0 Å². The van der Waals surface area contributed by atoms with E-state index in [1.54, 1.807) is 6.08 Å². The second kappa shape index (κ2) is 14.0. The molecular formula is C27H37IN2O5. The summed E-state index contributed by atoms with van der Waals surface area (Å²) >= 11 is 2.18. The molecule has 2 aliphatic carbocycles. The van der Waals surface area contributed by atoms with E-state index >= 15 is 0 Å². The molecule has 0 unspecified atom stereocenters. The van der Waals surface area contributed by atoms with Gasteiger partial charge in [0.25, 0.3) is 0 Å². The fraction of sp³-hybridized carbons (Fsp3) is 0.556. The quantitative estimate of drug-likeness (QED) is 0.194. The van der Waals surface area contributed by atoms with Gasteiger partial charge in [-0.15, -0.1) is 6.58 Å². The Morgan fingerprint density at radius 3 is 2.66 bits per heavy atom. The minimum absolute atomic E-state index is 0.0232. The number of rotatable bonds is 12. The summed E-state index contributed by atoms with van der Waals surface area (Å²) < 4.78 is 7.10. The molecule has 2 aliphatic rings. The third-order valence-electron chi connectivity index (χ3n) is 6.73. The number of para-hydroxylation sites is 1. The summed E-state index contributed by atoms with van der Waals surface area (Å²) in [4.78, 5) is 28.3. The Bertz CT molecular complexity index is 899. The summed E-state index contributed by atoms with van der Waals surface area (Å²) in [5.74, 6) is 0.333. The zero-order chi connectivity index (χ0) is 25.2. The molecule has 8 heteroatoms. The molecule has 3 N–H and O–H groups in total. The highest BCUT2D eigenvalue weighted by molar-refractivity contribution is 14.1. The Kier molecular flexibility index (Phi) is 11.1. The lowest BCUT2D eigenvalue weighted by Crippen LogP contribution is -2.57. The molecule has 1 saturated carbocycles. The number of amides is 2. The van der Waals surface area contributed by atoms with Crippen LogP contribution in [-0.4, -0.2) is 64.4 Å². The molecule has 192 valence electrons. The Hall–Kier alpha value is -1.91. The Morgan fingerprint density at radius 2 is 1.97 bits per heavy atom. The lowest BCUT2D eigenvalue weighted by atomic mass is 9.87. The highest BCUT2D eigenvalue weighted by Crippen LogP contribution is 2.34. The van der Waals surface area contributed by atoms with Gasteiger partial charge in [-0.1, -0.05) is 31.1 Å². The molecule has 1 fully saturated rings. The van der Waals surface area contributed by atoms with Crippen LogP contribution in [0.2, 0.25) is 0 Å². The van der Waals surface area contributed by atoms with Gasteiger partial charge in [-0.05, 0) is 72.9 Å². The van der Waals surface area contributed by atoms with Gasteiger partial charge in [0.2, 0.25) is 11.8 Å². The van der Waals surface area contributed by atoms with E-state index in [-0.39, 0.29) is 37.4 Å². The highest BCUT2D eigenvalue weighted by atomic mass is 127. The van der Waals surface area contributed by atoms with Crippen LogP contribution in [0, 0.1) is 3.57 Å². The molecule has 0 bridgehead atoms. The van der Waals surface area contributed by atoms with E-state index in [1.807, 2.05) is 35.2 Å². The van der Waals surface area contributed by atoms with Crippen molar-refractivity contribution >= 4 is 34.4 Å². The van der Waals surface area contributed by atoms with Crippen LogP contribution in [0.5, 0.6) is 5.75 Å². The molecule has 0 aromatic heterocycles. The number of ether oxygens (including phenoxy) is 1. The van der Waals surface area contributed by atoms with Crippen LogP contribution < -0.4 is 10.1 Å². The number of carbonyl (C=O) groups excluding carboxylic acids is 2. The van der Waals surface area contributed by atoms with Crippen LogP contribution >= 0.6 is 22.6 Å². The molecule has 7 nitrogen and oxygen atoms in total. The van der Waals surface area contributed by atoms with Gasteiger partial charge >= 0.3 is 0 Å². The molecule has 0 saturated heterocycles. The fourth-order valence-electron chi connectivity index (χ4n) is 4.97. The van der Waals surface area contributed by atoms with Gasteiger partial charge in [-0.2, -0.15) is 0 Å². The summed E-state index contributed by atoms with van der Waals surface area (Å²) in [7, 11) is 0. The van der Waals surface area contributed by atoms with Gasteiger partial charge in [0.1, 0.15) is 18.0 Å². The smallest absolute Gasteiger partial charge is 0.247 e. The maximum atomic E-state index is 13.5. The predicted molar refractivity (Wildman–Crippen MR) is 144 cm³/mol. The molecule has 1 aromatic carbocycles. The van der Waals surface area contributed by atoms with Crippen molar-refractivity contribution in [2.24, 2.45) is 0 Å². The van der Waals surface area contributed by atoms with E-state index in [0.717, 1.165) is 48.5 Å². The maximum absolute atomic E-state index is 13.5. The first-order valence-corrected chi connectivity index (χ1v) is 13.6. The number of benzene rings is 1. The van der Waals surface area contributed by atoms with Crippen LogP contribution in [0.15, 0.2) is 48.6 Å². The van der Waals surface area contributed by atoms with Crippen molar-refractivity contribution < 1.29 is 24.5 Å². The number of nitrogens with zero attached hydrogens (tertiary/aromatic N) is 1. The van der Waals surface area contributed by atoms with Crippen molar-refractivity contribution in [2.45, 2.75) is 82.1 Å². The molecule has 0 aliphatic heterocycles. The lowest BCUT2D eigenvalue weighted by molar-refractivity contribution is -0.142. The van der Waals surface area contributed by atoms with Crippen molar-refractivity contribution in [3.8, 4) is 5.75 Å². The third kappa shape index (κ3) is 7.54. The Labute approximate surface area is 221 Å². The first-order chi connectivity index (χ1) is 17.0. The summed E-state index contributed by atoms with van der Waals surface area (Å²) in [6.45, 7) is 3.73. The number of allylic oxidation sites excluding steroid dienone is 1. The highest BCUT2D eigenvalue weighted by Gasteiger charge is 2.43. The normalized spacial score (nSPS) is 22.4. The first-order valence-electron chi connectivity index (χ1n) is 12.6. The Balaban J connectivity index is 1.89. The van der Waals surface area contributed by atoms with Gasteiger partial charge in [0.15, 0.2) is 0 Å². The van der Waals surface area contributed by atoms with Crippen molar-refractivity contribution in [2.75, 3.05) is 13.2 Å². The molecule has 0 radical (unpaired) electrons. The molecule has 0 heterocycles. The SMILES string of the molecule is C=CCCCCC(=O)N(C1CCCC1)[C@@H]1CC(C(=O)NCCO)=C[C@H](Oc2ccccc2I)[C@H]1O. The summed E-state index contributed by atoms with van der Waals surface area (Å²) in [5, 5.41) is 23.4. The molecule has 3 rings (SSSR count). The van der Waals surface area contributed by atoms with Crippen LogP contribution in [0.4, 0.5) is 0 Å². The van der Waals surface area contributed by atoms with Gasteiger partial charge < -0.3 is 25.2 Å². The number of halogens is 1. The summed E-state index contributed by atoms with van der Waals surface area (Å²) in [5.41, 5.74) is 0.465. The average molecular weight is 597 g/mol. The van der Waals surface area contributed by atoms with E-state index < -0.39 is 18.2 Å². The average Bonchev–Trinajstić information content (AvgIpc) is 3.38. The number of carbonyl (C=O) groups is 2. The maximum Gasteiger partial charge on any atom is 0.247 e. The number of hydrogen-bond donors (Lipinski definition) is 3. The lowest BCUT2D eigenvalue weighted by Gasteiger charge is -2.43. The molecule has 2 amide bonds. The molecule has 35 heavy (non-hydrogen) atoms. The zero-order valence-electron chi connectivity index (χ0n) is 20.2. The molecular weight excluding hydrogens is 559 g/mol. The minimum Gasteiger partial charge on any atom is -0.482 e. The van der Waals surface area contributed by atoms with E-state index in [1.165, 1.54) is 0 Å². The van der Waals surface area contributed by atoms with Crippen LogP contribution in [0.3, 0.4) is 0 Å². The Morgan fingerprint density at radius 1 is 1.23 bits per heavy atom. The number of hydrogen-bond acceptors (Lipinski definition) is 5. The van der Waals surface area contributed by atoms with Gasteiger partial charge in [0.05, 0.1) is 16.2 Å². The first kappa shape index (κ1) is 27.7. The van der Waals surface area contributed by atoms with Crippen molar-refractivity contribution in [3.63, 3.8) is 0 Å². The molecule has 0 spiro atoms. The standard InChI is InChI=1S/C27H37IN2O5/c1-2-3-4-5-14-25(32)30(20-10-6-7-11-20)22-17-19(27(34)29-15-16-31)18-24(26(22)33)35-23-13-9-8-12-21(23)28/h2,8-9,12-13,18,20,22,24,26,31,33H,1,3-7,10-11,14-17H2,(H,29,34)/t22-,24+,26+/m1/s1. The van der Waals surface area contributed by atoms with Crippen molar-refractivity contribution in [3.05, 3.63) is 52.1 Å². The van der Waals surface area contributed by atoms with E-state index in [9.17, 15) is 14.7 Å². The number of aliphatic hydroxyl groups excluding tert-OH is 2. The van der Waals surface area contributed by atoms with Gasteiger partial charge in [-0.3, -0.25) is 9.59 Å². The molecule has 1 aromatic rings. The monoisotopic (exact) mass is 596 g/mol. The largest absolute Gasteiger partial charge is 0.482 e. The predicted octanol–water partition coefficient (Wildman–Crippen LogP) is 3.72. The number of nitrogens with one attached hydrogen (secondary N) is 1. The van der Waals surface area contributed by atoms with Crippen LogP contribution in [-0.2, 0) is 9.59 Å². The fourth-order valence-corrected chi connectivity index (χ4v) is 5.49. The zero-order valence-corrected chi connectivity index (χ0v) is 22.4. The number of unbranched alkanes of at least 4 members (excludes halogenated alkanes) is 2. The van der Waals surface area contributed by atoms with Crippen LogP contribution in [0.25, 0.3) is 0 Å². The van der Waals surface area contributed by atoms with Crippen LogP contribution in [0.1, 0.15) is 57.8 Å². The minimum atomic E-state index is -0.974. The second-order valence-electron chi connectivity index (χ2n) is 9.22. The van der Waals surface area contributed by atoms with Crippen molar-refractivity contribution in [1.82, 2.24) is 10.2 Å². The van der Waals surface area contributed by atoms with Gasteiger partial charge in [0, 0.05) is 31.0 Å². The number of aliphatic hydroxyl groups is 2. The van der Waals surface area contributed by atoms with E-state index in [0.29, 0.717) is 17.7 Å². The third-order valence-corrected chi connectivity index (χ3v) is 7.62. The second-order valence-corrected chi connectivity index (χ2v) is 10.4. The topological polar surface area (TPSA) is 99.1 Å².